The Bertz CT molecular complexity index is 858. The summed E-state index contributed by atoms with van der Waals surface area (Å²) in [7, 11) is -2.96. The van der Waals surface area contributed by atoms with E-state index >= 15 is 0 Å². The van der Waals surface area contributed by atoms with Gasteiger partial charge in [0.05, 0.1) is 32.2 Å². The van der Waals surface area contributed by atoms with E-state index in [1.54, 1.807) is 0 Å². The third kappa shape index (κ3) is 4.60. The van der Waals surface area contributed by atoms with E-state index in [2.05, 4.69) is 0 Å². The molecule has 0 spiro atoms. The van der Waals surface area contributed by atoms with Crippen molar-refractivity contribution in [3.63, 3.8) is 0 Å². The second-order valence-corrected chi connectivity index (χ2v) is 8.55. The fraction of sp³-hybridized carbons (Fsp3) is 0.368. The lowest BCUT2D eigenvalue weighted by Gasteiger charge is -2.12. The summed E-state index contributed by atoms with van der Waals surface area (Å²) < 4.78 is 33.7. The van der Waals surface area contributed by atoms with Crippen LogP contribution >= 0.6 is 0 Å². The fourth-order valence-corrected chi connectivity index (χ4v) is 3.56. The summed E-state index contributed by atoms with van der Waals surface area (Å²) in [5.41, 5.74) is 5.13. The van der Waals surface area contributed by atoms with Crippen LogP contribution in [0.3, 0.4) is 0 Å². The minimum Gasteiger partial charge on any atom is -0.494 e. The predicted molar refractivity (Wildman–Crippen MR) is 96.1 cm³/mol. The lowest BCUT2D eigenvalue weighted by atomic mass is 9.95. The number of aliphatic hydroxyl groups is 1. The fourth-order valence-electron chi connectivity index (χ4n) is 2.92. The van der Waals surface area contributed by atoms with Crippen LogP contribution in [0.25, 0.3) is 11.1 Å². The molecule has 1 N–H and O–H groups in total. The van der Waals surface area contributed by atoms with Gasteiger partial charge >= 0.3 is 0 Å². The molecule has 0 unspecified atom stereocenters. The number of fused-ring (bicyclic) bond motifs is 3. The zero-order chi connectivity index (χ0) is 17.9. The lowest BCUT2D eigenvalue weighted by molar-refractivity contribution is 0.109. The van der Waals surface area contributed by atoms with Crippen molar-refractivity contribution in [2.75, 3.05) is 18.6 Å². The summed E-state index contributed by atoms with van der Waals surface area (Å²) in [6, 6.07) is 11.7. The summed E-state index contributed by atoms with van der Waals surface area (Å²) in [5, 5.41) is 9.39. The molecule has 0 aliphatic carbocycles. The van der Waals surface area contributed by atoms with Crippen LogP contribution in [0, 0.1) is 0 Å². The predicted octanol–water partition coefficient (Wildman–Crippen LogP) is 2.69. The molecule has 0 bridgehead atoms. The molecule has 6 heteroatoms. The molecule has 5 nitrogen and oxygen atoms in total. The normalized spacial score (nSPS) is 13.7. The van der Waals surface area contributed by atoms with Crippen LogP contribution < -0.4 is 4.74 Å². The van der Waals surface area contributed by atoms with E-state index in [9.17, 15) is 13.5 Å². The van der Waals surface area contributed by atoms with Crippen molar-refractivity contribution in [3.8, 4) is 16.9 Å². The molecule has 2 aromatic carbocycles. The van der Waals surface area contributed by atoms with E-state index in [1.807, 2.05) is 36.4 Å². The van der Waals surface area contributed by atoms with Crippen LogP contribution in [-0.4, -0.2) is 32.1 Å². The largest absolute Gasteiger partial charge is 0.494 e. The quantitative estimate of drug-likeness (QED) is 0.800. The number of hydrogen-bond donors (Lipinski definition) is 1. The Kier molecular flexibility index (Phi) is 5.42. The van der Waals surface area contributed by atoms with Gasteiger partial charge in [-0.05, 0) is 52.4 Å². The van der Waals surface area contributed by atoms with Crippen molar-refractivity contribution in [1.29, 1.82) is 0 Å². The van der Waals surface area contributed by atoms with Gasteiger partial charge in [0.2, 0.25) is 0 Å². The third-order valence-corrected chi connectivity index (χ3v) is 5.20. The van der Waals surface area contributed by atoms with E-state index in [0.717, 1.165) is 27.8 Å². The van der Waals surface area contributed by atoms with Crippen LogP contribution in [0.1, 0.15) is 23.1 Å². The Balaban J connectivity index is 1.79. The second-order valence-electron chi connectivity index (χ2n) is 6.29. The standard InChI is InChI=1S/C19H22O5S/c1-25(21,22)8-2-7-24-17-5-6-18-16(10-17)13-23-12-15-4-3-14(11-20)9-19(15)18/h3-6,9-10,20H,2,7-8,11-13H2,1H3. The number of sulfone groups is 1. The summed E-state index contributed by atoms with van der Waals surface area (Å²) in [6.45, 7) is 1.38. The van der Waals surface area contributed by atoms with Gasteiger partial charge in [0, 0.05) is 6.26 Å². The molecule has 134 valence electrons. The highest BCUT2D eigenvalue weighted by Crippen LogP contribution is 2.34. The van der Waals surface area contributed by atoms with E-state index in [1.165, 1.54) is 6.26 Å². The number of hydrogen-bond acceptors (Lipinski definition) is 5. The minimum atomic E-state index is -2.96. The molecule has 1 heterocycles. The van der Waals surface area contributed by atoms with Gasteiger partial charge in [-0.2, -0.15) is 0 Å². The highest BCUT2D eigenvalue weighted by molar-refractivity contribution is 7.90. The smallest absolute Gasteiger partial charge is 0.147 e. The second kappa shape index (κ2) is 7.56. The summed E-state index contributed by atoms with van der Waals surface area (Å²) in [5.74, 6) is 0.830. The number of aliphatic hydroxyl groups excluding tert-OH is 1. The molecule has 0 amide bonds. The van der Waals surface area contributed by atoms with Gasteiger partial charge in [-0.15, -0.1) is 0 Å². The first-order valence-corrected chi connectivity index (χ1v) is 10.3. The van der Waals surface area contributed by atoms with Gasteiger partial charge in [-0.25, -0.2) is 8.42 Å². The summed E-state index contributed by atoms with van der Waals surface area (Å²) >= 11 is 0. The zero-order valence-corrected chi connectivity index (χ0v) is 15.0. The Morgan fingerprint density at radius 2 is 1.88 bits per heavy atom. The number of ether oxygens (including phenoxy) is 2. The van der Waals surface area contributed by atoms with Gasteiger partial charge < -0.3 is 14.6 Å². The van der Waals surface area contributed by atoms with Crippen molar-refractivity contribution in [2.45, 2.75) is 26.2 Å². The maximum Gasteiger partial charge on any atom is 0.147 e. The highest BCUT2D eigenvalue weighted by atomic mass is 32.2. The summed E-state index contributed by atoms with van der Waals surface area (Å²) in [4.78, 5) is 0. The third-order valence-electron chi connectivity index (χ3n) is 4.17. The molecule has 1 aliphatic heterocycles. The highest BCUT2D eigenvalue weighted by Gasteiger charge is 2.16. The molecule has 2 aromatic rings. The molecule has 0 fully saturated rings. The minimum absolute atomic E-state index is 0.00496. The van der Waals surface area contributed by atoms with E-state index in [-0.39, 0.29) is 12.4 Å². The van der Waals surface area contributed by atoms with Crippen molar-refractivity contribution in [1.82, 2.24) is 0 Å². The van der Waals surface area contributed by atoms with Gasteiger partial charge in [0.25, 0.3) is 0 Å². The molecule has 0 aromatic heterocycles. The van der Waals surface area contributed by atoms with Gasteiger partial charge in [0.1, 0.15) is 15.6 Å². The Labute approximate surface area is 148 Å². The van der Waals surface area contributed by atoms with Crippen LogP contribution in [0.5, 0.6) is 5.75 Å². The monoisotopic (exact) mass is 362 g/mol. The van der Waals surface area contributed by atoms with Crippen LogP contribution in [0.4, 0.5) is 0 Å². The number of benzene rings is 2. The lowest BCUT2D eigenvalue weighted by Crippen LogP contribution is -2.08. The first-order valence-electron chi connectivity index (χ1n) is 8.20. The van der Waals surface area contributed by atoms with E-state index in [4.69, 9.17) is 9.47 Å². The zero-order valence-electron chi connectivity index (χ0n) is 14.2. The van der Waals surface area contributed by atoms with E-state index < -0.39 is 9.84 Å². The first kappa shape index (κ1) is 17.9. The first-order chi connectivity index (χ1) is 12.0. The van der Waals surface area contributed by atoms with Crippen LogP contribution in [-0.2, 0) is 34.4 Å². The van der Waals surface area contributed by atoms with Crippen molar-refractivity contribution in [3.05, 3.63) is 53.1 Å². The van der Waals surface area contributed by atoms with Crippen LogP contribution in [0.2, 0.25) is 0 Å². The maximum atomic E-state index is 11.2. The Hall–Kier alpha value is -1.89. The molecular weight excluding hydrogens is 340 g/mol. The molecule has 0 radical (unpaired) electrons. The Morgan fingerprint density at radius 3 is 2.64 bits per heavy atom. The molecule has 25 heavy (non-hydrogen) atoms. The maximum absolute atomic E-state index is 11.2. The molecule has 1 aliphatic rings. The molecule has 3 rings (SSSR count). The van der Waals surface area contributed by atoms with Crippen molar-refractivity contribution >= 4 is 9.84 Å². The average molecular weight is 362 g/mol. The van der Waals surface area contributed by atoms with Crippen molar-refractivity contribution in [2.24, 2.45) is 0 Å². The SMILES string of the molecule is CS(=O)(=O)CCCOc1ccc2c(c1)COCc1ccc(CO)cc1-2. The summed E-state index contributed by atoms with van der Waals surface area (Å²) in [6.07, 6.45) is 1.69. The molecule has 0 atom stereocenters. The average Bonchev–Trinajstić information content (AvgIpc) is 2.76. The Morgan fingerprint density at radius 1 is 1.08 bits per heavy atom. The molecule has 0 saturated carbocycles. The van der Waals surface area contributed by atoms with Crippen LogP contribution in [0.15, 0.2) is 36.4 Å². The van der Waals surface area contributed by atoms with Crippen molar-refractivity contribution < 1.29 is 23.0 Å². The van der Waals surface area contributed by atoms with Gasteiger partial charge in [-0.3, -0.25) is 0 Å². The van der Waals surface area contributed by atoms with Gasteiger partial charge in [0.15, 0.2) is 0 Å². The topological polar surface area (TPSA) is 72.8 Å². The number of rotatable bonds is 6. The molecule has 0 saturated heterocycles. The van der Waals surface area contributed by atoms with Gasteiger partial charge in [-0.1, -0.05) is 18.2 Å². The van der Waals surface area contributed by atoms with E-state index in [0.29, 0.717) is 32.0 Å². The molecular formula is C19H22O5S.